The molecule has 0 radical (unpaired) electrons. The maximum Gasteiger partial charge on any atom is 0.255 e. The minimum Gasteiger partial charge on any atom is -0.493 e. The highest BCUT2D eigenvalue weighted by atomic mass is 16.5. The fraction of sp³-hybridized carbons (Fsp3) is 0.300. The van der Waals surface area contributed by atoms with Gasteiger partial charge in [-0.05, 0) is 47.2 Å². The summed E-state index contributed by atoms with van der Waals surface area (Å²) in [5.41, 5.74) is 1.93. The van der Waals surface area contributed by atoms with Gasteiger partial charge in [0.05, 0.1) is 13.7 Å². The molecular formula is C20H23N5O3. The molecule has 1 aromatic heterocycles. The van der Waals surface area contributed by atoms with E-state index in [0.29, 0.717) is 35.2 Å². The number of tetrazole rings is 1. The number of carbonyl (C=O) groups is 1. The number of benzene rings is 2. The van der Waals surface area contributed by atoms with Gasteiger partial charge in [0.1, 0.15) is 0 Å². The van der Waals surface area contributed by atoms with Crippen molar-refractivity contribution < 1.29 is 14.3 Å². The molecule has 8 heteroatoms. The summed E-state index contributed by atoms with van der Waals surface area (Å²) in [4.78, 5) is 12.7. The summed E-state index contributed by atoms with van der Waals surface area (Å²) in [5.74, 6) is 1.53. The number of nitrogens with zero attached hydrogens (tertiary/aromatic N) is 4. The standard InChI is InChI=1S/C20H23N5O3/c1-4-5-11-28-17-10-9-15(13-18(17)27-3)20(26)21-16-8-6-7-14(12-16)19-22-23-24-25(19)2/h6-10,12-13H,4-5,11H2,1-3H3,(H,21,26). The van der Waals surface area contributed by atoms with E-state index in [1.807, 2.05) is 24.3 Å². The highest BCUT2D eigenvalue weighted by Crippen LogP contribution is 2.29. The Morgan fingerprint density at radius 2 is 2.04 bits per heavy atom. The third kappa shape index (κ3) is 4.46. The summed E-state index contributed by atoms with van der Waals surface area (Å²) in [5, 5.41) is 14.3. The Labute approximate surface area is 163 Å². The lowest BCUT2D eigenvalue weighted by Gasteiger charge is -2.12. The Kier molecular flexibility index (Phi) is 6.21. The number of aromatic nitrogens is 4. The lowest BCUT2D eigenvalue weighted by atomic mass is 10.1. The molecule has 0 aliphatic carbocycles. The van der Waals surface area contributed by atoms with Crippen LogP contribution in [-0.2, 0) is 7.05 Å². The van der Waals surface area contributed by atoms with Crippen LogP contribution in [0.4, 0.5) is 5.69 Å². The van der Waals surface area contributed by atoms with E-state index in [2.05, 4.69) is 27.8 Å². The van der Waals surface area contributed by atoms with Crippen molar-refractivity contribution in [2.75, 3.05) is 19.0 Å². The van der Waals surface area contributed by atoms with E-state index in [9.17, 15) is 4.79 Å². The molecule has 0 atom stereocenters. The molecule has 146 valence electrons. The highest BCUT2D eigenvalue weighted by Gasteiger charge is 2.13. The molecule has 0 fully saturated rings. The smallest absolute Gasteiger partial charge is 0.255 e. The molecule has 0 aliphatic heterocycles. The number of aryl methyl sites for hydroxylation is 1. The van der Waals surface area contributed by atoms with Crippen molar-refractivity contribution in [3.05, 3.63) is 48.0 Å². The number of ether oxygens (including phenoxy) is 2. The number of methoxy groups -OCH3 is 1. The van der Waals surface area contributed by atoms with Gasteiger partial charge in [0.15, 0.2) is 17.3 Å². The molecule has 0 spiro atoms. The quantitative estimate of drug-likeness (QED) is 0.602. The van der Waals surface area contributed by atoms with E-state index < -0.39 is 0 Å². The van der Waals surface area contributed by atoms with Gasteiger partial charge in [0, 0.05) is 23.9 Å². The SMILES string of the molecule is CCCCOc1ccc(C(=O)Nc2cccc(-c3nnnn3C)c2)cc1OC. The van der Waals surface area contributed by atoms with Crippen molar-refractivity contribution in [1.82, 2.24) is 20.2 Å². The molecule has 0 bridgehead atoms. The van der Waals surface area contributed by atoms with Crippen LogP contribution in [-0.4, -0.2) is 39.8 Å². The molecule has 3 rings (SSSR count). The maximum atomic E-state index is 12.7. The van der Waals surface area contributed by atoms with Crippen LogP contribution in [0.1, 0.15) is 30.1 Å². The number of amides is 1. The molecular weight excluding hydrogens is 358 g/mol. The van der Waals surface area contributed by atoms with Gasteiger partial charge in [-0.1, -0.05) is 25.5 Å². The second-order valence-corrected chi connectivity index (χ2v) is 6.23. The second kappa shape index (κ2) is 8.98. The zero-order valence-corrected chi connectivity index (χ0v) is 16.2. The van der Waals surface area contributed by atoms with Gasteiger partial charge in [0.2, 0.25) is 0 Å². The van der Waals surface area contributed by atoms with Crippen molar-refractivity contribution in [2.45, 2.75) is 19.8 Å². The first-order valence-electron chi connectivity index (χ1n) is 9.07. The number of hydrogen-bond acceptors (Lipinski definition) is 6. The molecule has 1 N–H and O–H groups in total. The van der Waals surface area contributed by atoms with Crippen molar-refractivity contribution in [2.24, 2.45) is 7.05 Å². The third-order valence-corrected chi connectivity index (χ3v) is 4.18. The van der Waals surface area contributed by atoms with Crippen LogP contribution in [0.2, 0.25) is 0 Å². The zero-order chi connectivity index (χ0) is 19.9. The molecule has 3 aromatic rings. The number of carbonyl (C=O) groups excluding carboxylic acids is 1. The Bertz CT molecular complexity index is 955. The number of rotatable bonds is 8. The first-order valence-corrected chi connectivity index (χ1v) is 9.07. The molecule has 0 saturated heterocycles. The van der Waals surface area contributed by atoms with E-state index in [1.165, 1.54) is 0 Å². The van der Waals surface area contributed by atoms with Crippen LogP contribution in [0.25, 0.3) is 11.4 Å². The largest absolute Gasteiger partial charge is 0.493 e. The minimum absolute atomic E-state index is 0.244. The third-order valence-electron chi connectivity index (χ3n) is 4.18. The molecule has 8 nitrogen and oxygen atoms in total. The average molecular weight is 381 g/mol. The molecule has 0 saturated carbocycles. The highest BCUT2D eigenvalue weighted by molar-refractivity contribution is 6.04. The van der Waals surface area contributed by atoms with Gasteiger partial charge in [-0.2, -0.15) is 0 Å². The maximum absolute atomic E-state index is 12.7. The lowest BCUT2D eigenvalue weighted by Crippen LogP contribution is -2.12. The van der Waals surface area contributed by atoms with Crippen LogP contribution in [0.15, 0.2) is 42.5 Å². The fourth-order valence-electron chi connectivity index (χ4n) is 2.67. The van der Waals surface area contributed by atoms with Crippen LogP contribution in [0.3, 0.4) is 0 Å². The predicted octanol–water partition coefficient (Wildman–Crippen LogP) is 3.32. The van der Waals surface area contributed by atoms with E-state index in [-0.39, 0.29) is 5.91 Å². The lowest BCUT2D eigenvalue weighted by molar-refractivity contribution is 0.102. The summed E-state index contributed by atoms with van der Waals surface area (Å²) in [6.07, 6.45) is 2.01. The van der Waals surface area contributed by atoms with Crippen LogP contribution < -0.4 is 14.8 Å². The van der Waals surface area contributed by atoms with Crippen molar-refractivity contribution in [1.29, 1.82) is 0 Å². The Balaban J connectivity index is 1.75. The van der Waals surface area contributed by atoms with Crippen LogP contribution >= 0.6 is 0 Å². The van der Waals surface area contributed by atoms with Crippen molar-refractivity contribution in [3.63, 3.8) is 0 Å². The Morgan fingerprint density at radius 1 is 1.18 bits per heavy atom. The minimum atomic E-state index is -0.244. The fourth-order valence-corrected chi connectivity index (χ4v) is 2.67. The summed E-state index contributed by atoms with van der Waals surface area (Å²) in [6.45, 7) is 2.71. The number of hydrogen-bond donors (Lipinski definition) is 1. The average Bonchev–Trinajstić information content (AvgIpc) is 3.14. The van der Waals surface area contributed by atoms with Gasteiger partial charge in [-0.3, -0.25) is 4.79 Å². The van der Waals surface area contributed by atoms with E-state index in [4.69, 9.17) is 9.47 Å². The van der Waals surface area contributed by atoms with E-state index in [0.717, 1.165) is 18.4 Å². The number of unbranched alkanes of at least 4 members (excludes halogenated alkanes) is 1. The predicted molar refractivity (Wildman–Crippen MR) is 106 cm³/mol. The van der Waals surface area contributed by atoms with Gasteiger partial charge in [-0.15, -0.1) is 5.10 Å². The summed E-state index contributed by atoms with van der Waals surface area (Å²) in [7, 11) is 3.32. The zero-order valence-electron chi connectivity index (χ0n) is 16.2. The van der Waals surface area contributed by atoms with Crippen LogP contribution in [0, 0.1) is 0 Å². The second-order valence-electron chi connectivity index (χ2n) is 6.23. The molecule has 1 heterocycles. The monoisotopic (exact) mass is 381 g/mol. The van der Waals surface area contributed by atoms with Crippen LogP contribution in [0.5, 0.6) is 11.5 Å². The van der Waals surface area contributed by atoms with Crippen molar-refractivity contribution >= 4 is 11.6 Å². The van der Waals surface area contributed by atoms with Gasteiger partial charge >= 0.3 is 0 Å². The van der Waals surface area contributed by atoms with E-state index in [1.54, 1.807) is 37.0 Å². The first kappa shape index (κ1) is 19.3. The molecule has 2 aromatic carbocycles. The van der Waals surface area contributed by atoms with E-state index >= 15 is 0 Å². The molecule has 28 heavy (non-hydrogen) atoms. The topological polar surface area (TPSA) is 91.2 Å². The normalized spacial score (nSPS) is 10.5. The van der Waals surface area contributed by atoms with Gasteiger partial charge in [0.25, 0.3) is 5.91 Å². The number of anilines is 1. The van der Waals surface area contributed by atoms with Gasteiger partial charge < -0.3 is 14.8 Å². The van der Waals surface area contributed by atoms with Crippen molar-refractivity contribution in [3.8, 4) is 22.9 Å². The number of nitrogens with one attached hydrogen (secondary N) is 1. The summed E-state index contributed by atoms with van der Waals surface area (Å²) in [6, 6.07) is 12.5. The molecule has 0 aliphatic rings. The molecule has 0 unspecified atom stereocenters. The first-order chi connectivity index (χ1) is 13.6. The molecule has 1 amide bonds. The Morgan fingerprint density at radius 3 is 2.75 bits per heavy atom. The van der Waals surface area contributed by atoms with Gasteiger partial charge in [-0.25, -0.2) is 4.68 Å². The summed E-state index contributed by atoms with van der Waals surface area (Å²) < 4.78 is 12.7. The summed E-state index contributed by atoms with van der Waals surface area (Å²) >= 11 is 0. The Hall–Kier alpha value is -3.42.